The number of carboxylic acids is 1. The van der Waals surface area contributed by atoms with E-state index in [2.05, 4.69) is 0 Å². The summed E-state index contributed by atoms with van der Waals surface area (Å²) in [6.07, 6.45) is 2.04. The minimum atomic E-state index is -1.45. The molecule has 0 spiro atoms. The second-order valence-electron chi connectivity index (χ2n) is 1.97. The Balaban J connectivity index is 2.66. The summed E-state index contributed by atoms with van der Waals surface area (Å²) in [5, 5.41) is 9.96. The summed E-state index contributed by atoms with van der Waals surface area (Å²) >= 11 is 0. The molecule has 0 unspecified atom stereocenters. The van der Waals surface area contributed by atoms with Gasteiger partial charge in [-0.2, -0.15) is 0 Å². The van der Waals surface area contributed by atoms with Crippen LogP contribution in [-0.4, -0.2) is 29.2 Å². The number of carbonyl (C=O) groups excluding carboxylic acids is 3. The Morgan fingerprint density at radius 1 is 1.36 bits per heavy atom. The largest absolute Gasteiger partial charge is 0.548 e. The third-order valence-corrected chi connectivity index (χ3v) is 1.19. The highest BCUT2D eigenvalue weighted by atomic mass is 16.4. The molecule has 1 rings (SSSR count). The first kappa shape index (κ1) is 7.46. The van der Waals surface area contributed by atoms with Gasteiger partial charge in [0.15, 0.2) is 0 Å². The molecular formula is C6H4NO4-. The van der Waals surface area contributed by atoms with Crippen LogP contribution < -0.4 is 5.11 Å². The van der Waals surface area contributed by atoms with Crippen molar-refractivity contribution in [3.8, 4) is 0 Å². The number of amides is 2. The predicted molar refractivity (Wildman–Crippen MR) is 30.9 cm³/mol. The number of hydrogen-bond donors (Lipinski definition) is 0. The Bertz CT molecular complexity index is 237. The van der Waals surface area contributed by atoms with Crippen LogP contribution in [0.3, 0.4) is 0 Å². The fraction of sp³-hybridized carbons (Fsp3) is 0.167. The molecule has 0 aromatic rings. The molecule has 5 heteroatoms. The summed E-state index contributed by atoms with van der Waals surface area (Å²) in [4.78, 5) is 31.8. The van der Waals surface area contributed by atoms with E-state index in [9.17, 15) is 19.5 Å². The van der Waals surface area contributed by atoms with E-state index in [4.69, 9.17) is 0 Å². The maximum absolute atomic E-state index is 10.6. The molecule has 5 nitrogen and oxygen atoms in total. The number of imide groups is 1. The van der Waals surface area contributed by atoms with Crippen molar-refractivity contribution >= 4 is 17.8 Å². The minimum absolute atomic E-state index is 0.593. The predicted octanol–water partition coefficient (Wildman–Crippen LogP) is -2.34. The molecular weight excluding hydrogens is 150 g/mol. The third-order valence-electron chi connectivity index (χ3n) is 1.19. The van der Waals surface area contributed by atoms with Gasteiger partial charge >= 0.3 is 0 Å². The molecule has 0 radical (unpaired) electrons. The number of carboxylic acid groups (broad SMARTS) is 1. The quantitative estimate of drug-likeness (QED) is 0.417. The highest BCUT2D eigenvalue weighted by Gasteiger charge is 2.22. The first-order chi connectivity index (χ1) is 5.11. The normalized spacial score (nSPS) is 16.2. The van der Waals surface area contributed by atoms with E-state index in [1.165, 1.54) is 0 Å². The van der Waals surface area contributed by atoms with Crippen molar-refractivity contribution in [2.45, 2.75) is 0 Å². The van der Waals surface area contributed by atoms with E-state index in [-0.39, 0.29) is 0 Å². The highest BCUT2D eigenvalue weighted by molar-refractivity contribution is 6.14. The number of nitrogens with zero attached hydrogens (tertiary/aromatic N) is 1. The van der Waals surface area contributed by atoms with Gasteiger partial charge in [0.25, 0.3) is 11.8 Å². The molecule has 0 aliphatic carbocycles. The van der Waals surface area contributed by atoms with Crippen molar-refractivity contribution in [2.75, 3.05) is 6.54 Å². The number of carbonyl (C=O) groups is 3. The second kappa shape index (κ2) is 2.53. The van der Waals surface area contributed by atoms with Crippen LogP contribution >= 0.6 is 0 Å². The van der Waals surface area contributed by atoms with Gasteiger partial charge in [0, 0.05) is 12.2 Å². The van der Waals surface area contributed by atoms with Gasteiger partial charge < -0.3 is 9.90 Å². The van der Waals surface area contributed by atoms with Crippen LogP contribution in [0.2, 0.25) is 0 Å². The zero-order chi connectivity index (χ0) is 8.43. The summed E-state index contributed by atoms with van der Waals surface area (Å²) in [5.74, 6) is -2.67. The Morgan fingerprint density at radius 3 is 2.18 bits per heavy atom. The lowest BCUT2D eigenvalue weighted by Crippen LogP contribution is -2.41. The number of aliphatic carboxylic acids is 1. The molecule has 0 bridgehead atoms. The minimum Gasteiger partial charge on any atom is -0.548 e. The molecule has 58 valence electrons. The molecule has 0 atom stereocenters. The first-order valence-corrected chi connectivity index (χ1v) is 2.84. The molecule has 0 fully saturated rings. The lowest BCUT2D eigenvalue weighted by molar-refractivity contribution is -0.305. The molecule has 1 aliphatic rings. The van der Waals surface area contributed by atoms with E-state index < -0.39 is 24.3 Å². The molecule has 0 saturated carbocycles. The van der Waals surface area contributed by atoms with Crippen molar-refractivity contribution in [1.29, 1.82) is 0 Å². The fourth-order valence-electron chi connectivity index (χ4n) is 0.716. The molecule has 2 amide bonds. The van der Waals surface area contributed by atoms with Crippen LogP contribution in [0.1, 0.15) is 0 Å². The third kappa shape index (κ3) is 1.43. The number of rotatable bonds is 2. The Hall–Kier alpha value is -1.65. The molecule has 11 heavy (non-hydrogen) atoms. The van der Waals surface area contributed by atoms with E-state index in [1.807, 2.05) is 0 Å². The molecule has 0 N–H and O–H groups in total. The van der Waals surface area contributed by atoms with E-state index >= 15 is 0 Å². The number of hydrogen-bond acceptors (Lipinski definition) is 4. The average Bonchev–Trinajstić information content (AvgIpc) is 2.18. The van der Waals surface area contributed by atoms with Crippen LogP contribution in [0.25, 0.3) is 0 Å². The van der Waals surface area contributed by atoms with Crippen LogP contribution in [-0.2, 0) is 14.4 Å². The SMILES string of the molecule is O=C([O-])CN1C(=O)C=CC1=O. The Kier molecular flexibility index (Phi) is 1.72. The van der Waals surface area contributed by atoms with E-state index in [0.29, 0.717) is 4.90 Å². The van der Waals surface area contributed by atoms with Gasteiger partial charge in [-0.25, -0.2) is 0 Å². The summed E-state index contributed by atoms with van der Waals surface area (Å²) in [5.41, 5.74) is 0. The van der Waals surface area contributed by atoms with Gasteiger partial charge in [0.1, 0.15) is 0 Å². The summed E-state index contributed by atoms with van der Waals surface area (Å²) in [6, 6.07) is 0. The van der Waals surface area contributed by atoms with Gasteiger partial charge in [-0.05, 0) is 0 Å². The van der Waals surface area contributed by atoms with Gasteiger partial charge in [0.2, 0.25) is 0 Å². The summed E-state index contributed by atoms with van der Waals surface area (Å²) in [6.45, 7) is -0.676. The monoisotopic (exact) mass is 154 g/mol. The maximum Gasteiger partial charge on any atom is 0.253 e. The Labute approximate surface area is 61.9 Å². The highest BCUT2D eigenvalue weighted by Crippen LogP contribution is 2.01. The zero-order valence-electron chi connectivity index (χ0n) is 5.44. The lowest BCUT2D eigenvalue weighted by atomic mass is 10.5. The zero-order valence-corrected chi connectivity index (χ0v) is 5.44. The molecule has 0 aromatic carbocycles. The standard InChI is InChI=1S/C6H5NO4/c8-4-1-2-5(9)7(4)3-6(10)11/h1-2H,3H2,(H,10,11)/p-1. The van der Waals surface area contributed by atoms with Crippen molar-refractivity contribution in [1.82, 2.24) is 4.90 Å². The Morgan fingerprint density at radius 2 is 1.82 bits per heavy atom. The summed E-state index contributed by atoms with van der Waals surface area (Å²) < 4.78 is 0. The van der Waals surface area contributed by atoms with Gasteiger partial charge in [-0.1, -0.05) is 0 Å². The molecule has 0 aromatic heterocycles. The van der Waals surface area contributed by atoms with Crippen LogP contribution in [0.15, 0.2) is 12.2 Å². The average molecular weight is 154 g/mol. The van der Waals surface area contributed by atoms with Crippen molar-refractivity contribution < 1.29 is 19.5 Å². The van der Waals surface area contributed by atoms with Gasteiger partial charge in [-0.15, -0.1) is 0 Å². The maximum atomic E-state index is 10.6. The molecule has 1 heterocycles. The van der Waals surface area contributed by atoms with Crippen LogP contribution in [0, 0.1) is 0 Å². The van der Waals surface area contributed by atoms with E-state index in [0.717, 1.165) is 12.2 Å². The van der Waals surface area contributed by atoms with E-state index in [1.54, 1.807) is 0 Å². The topological polar surface area (TPSA) is 77.5 Å². The summed E-state index contributed by atoms with van der Waals surface area (Å²) in [7, 11) is 0. The molecule has 1 aliphatic heterocycles. The smallest absolute Gasteiger partial charge is 0.253 e. The van der Waals surface area contributed by atoms with Crippen molar-refractivity contribution in [2.24, 2.45) is 0 Å². The van der Waals surface area contributed by atoms with Crippen LogP contribution in [0.4, 0.5) is 0 Å². The van der Waals surface area contributed by atoms with Gasteiger partial charge in [0.05, 0.1) is 12.5 Å². The fourth-order valence-corrected chi connectivity index (χ4v) is 0.716. The van der Waals surface area contributed by atoms with Crippen molar-refractivity contribution in [3.05, 3.63) is 12.2 Å². The first-order valence-electron chi connectivity index (χ1n) is 2.84. The molecule has 0 saturated heterocycles. The van der Waals surface area contributed by atoms with Gasteiger partial charge in [-0.3, -0.25) is 14.5 Å². The second-order valence-corrected chi connectivity index (χ2v) is 1.97. The van der Waals surface area contributed by atoms with Crippen LogP contribution in [0.5, 0.6) is 0 Å². The lowest BCUT2D eigenvalue weighted by Gasteiger charge is -2.13. The van der Waals surface area contributed by atoms with Crippen molar-refractivity contribution in [3.63, 3.8) is 0 Å².